The van der Waals surface area contributed by atoms with Crippen LogP contribution in [0.15, 0.2) is 83.8 Å². The minimum Gasteiger partial charge on any atom is -0.455 e. The molecule has 0 bridgehead atoms. The maximum atomic E-state index is 13.5. The second-order valence-electron chi connectivity index (χ2n) is 9.59. The van der Waals surface area contributed by atoms with Crippen LogP contribution in [-0.4, -0.2) is 35.4 Å². The normalized spacial score (nSPS) is 11.1. The fourth-order valence-electron chi connectivity index (χ4n) is 4.43. The summed E-state index contributed by atoms with van der Waals surface area (Å²) in [7, 11) is 1.55. The van der Waals surface area contributed by atoms with Gasteiger partial charge in [-0.25, -0.2) is 14.4 Å². The molecule has 39 heavy (non-hydrogen) atoms. The first kappa shape index (κ1) is 25.8. The standard InChI is InChI=1S/C31H27FN4O3/c1-18(2)14-36-30(37)25-12-20(6-10-24(25)22-15-34-17-35-16-22)21-7-11-27-26(13-21)28(31(38)33-3)29(39-27)19-4-8-23(32)9-5-19/h4-13,15-18H,14H2,1-3H3,(H,33,38)(H,36,37). The van der Waals surface area contributed by atoms with Gasteiger partial charge in [0.2, 0.25) is 0 Å². The van der Waals surface area contributed by atoms with E-state index in [9.17, 15) is 14.0 Å². The number of carbonyl (C=O) groups is 2. The number of carbonyl (C=O) groups excluding carboxylic acids is 2. The minimum atomic E-state index is -0.377. The smallest absolute Gasteiger partial charge is 0.255 e. The van der Waals surface area contributed by atoms with Gasteiger partial charge in [-0.1, -0.05) is 32.0 Å². The number of hydrogen-bond acceptors (Lipinski definition) is 5. The van der Waals surface area contributed by atoms with Gasteiger partial charge in [0.1, 0.15) is 23.5 Å². The van der Waals surface area contributed by atoms with Crippen molar-refractivity contribution < 1.29 is 18.4 Å². The number of amides is 2. The number of benzene rings is 3. The summed E-state index contributed by atoms with van der Waals surface area (Å²) >= 11 is 0. The number of nitrogens with one attached hydrogen (secondary N) is 2. The van der Waals surface area contributed by atoms with E-state index in [1.165, 1.54) is 18.5 Å². The molecule has 2 N–H and O–H groups in total. The Morgan fingerprint density at radius 3 is 2.23 bits per heavy atom. The van der Waals surface area contributed by atoms with Crippen LogP contribution in [-0.2, 0) is 0 Å². The van der Waals surface area contributed by atoms with Crippen molar-refractivity contribution in [2.45, 2.75) is 13.8 Å². The summed E-state index contributed by atoms with van der Waals surface area (Å²) in [5, 5.41) is 6.28. The number of fused-ring (bicyclic) bond motifs is 1. The highest BCUT2D eigenvalue weighted by Gasteiger charge is 2.22. The Hall–Kier alpha value is -4.85. The number of nitrogens with zero attached hydrogens (tertiary/aromatic N) is 2. The molecule has 0 unspecified atom stereocenters. The number of furan rings is 1. The molecule has 3 aromatic carbocycles. The van der Waals surface area contributed by atoms with Gasteiger partial charge in [0, 0.05) is 48.1 Å². The van der Waals surface area contributed by atoms with Crippen molar-refractivity contribution in [3.63, 3.8) is 0 Å². The molecule has 0 saturated heterocycles. The lowest BCUT2D eigenvalue weighted by atomic mass is 9.94. The molecule has 0 aliphatic heterocycles. The average molecular weight is 523 g/mol. The van der Waals surface area contributed by atoms with E-state index in [1.54, 1.807) is 37.6 Å². The molecule has 0 radical (unpaired) electrons. The van der Waals surface area contributed by atoms with Gasteiger partial charge in [0.15, 0.2) is 0 Å². The highest BCUT2D eigenvalue weighted by Crippen LogP contribution is 2.37. The third-order valence-corrected chi connectivity index (χ3v) is 6.39. The number of aromatic nitrogens is 2. The van der Waals surface area contributed by atoms with E-state index in [0.29, 0.717) is 45.9 Å². The molecule has 0 spiro atoms. The number of halogens is 1. The van der Waals surface area contributed by atoms with Crippen LogP contribution in [0.25, 0.3) is 44.5 Å². The third kappa shape index (κ3) is 5.27. The van der Waals surface area contributed by atoms with E-state index in [1.807, 2.05) is 44.2 Å². The topological polar surface area (TPSA) is 97.1 Å². The van der Waals surface area contributed by atoms with Crippen molar-refractivity contribution in [2.24, 2.45) is 5.92 Å². The van der Waals surface area contributed by atoms with Crippen molar-refractivity contribution in [3.8, 4) is 33.6 Å². The maximum absolute atomic E-state index is 13.5. The minimum absolute atomic E-state index is 0.196. The molecular weight excluding hydrogens is 495 g/mol. The van der Waals surface area contributed by atoms with E-state index in [4.69, 9.17) is 4.42 Å². The largest absolute Gasteiger partial charge is 0.455 e. The number of hydrogen-bond donors (Lipinski definition) is 2. The van der Waals surface area contributed by atoms with Crippen molar-refractivity contribution in [1.29, 1.82) is 0 Å². The van der Waals surface area contributed by atoms with E-state index < -0.39 is 0 Å². The highest BCUT2D eigenvalue weighted by molar-refractivity contribution is 6.12. The quantitative estimate of drug-likeness (QED) is 0.269. The van der Waals surface area contributed by atoms with Gasteiger partial charge in [-0.2, -0.15) is 0 Å². The van der Waals surface area contributed by atoms with Crippen molar-refractivity contribution in [3.05, 3.63) is 96.3 Å². The zero-order chi connectivity index (χ0) is 27.5. The first-order valence-electron chi connectivity index (χ1n) is 12.6. The Kier molecular flexibility index (Phi) is 7.19. The highest BCUT2D eigenvalue weighted by atomic mass is 19.1. The van der Waals surface area contributed by atoms with Gasteiger partial charge in [-0.05, 0) is 65.1 Å². The third-order valence-electron chi connectivity index (χ3n) is 6.39. The van der Waals surface area contributed by atoms with Gasteiger partial charge in [0.25, 0.3) is 11.8 Å². The first-order chi connectivity index (χ1) is 18.9. The molecule has 7 nitrogen and oxygen atoms in total. The Morgan fingerprint density at radius 1 is 0.872 bits per heavy atom. The summed E-state index contributed by atoms with van der Waals surface area (Å²) in [6.45, 7) is 4.61. The Bertz CT molecular complexity index is 1660. The monoisotopic (exact) mass is 522 g/mol. The van der Waals surface area contributed by atoms with Crippen molar-refractivity contribution in [1.82, 2.24) is 20.6 Å². The lowest BCUT2D eigenvalue weighted by Gasteiger charge is -2.14. The predicted octanol–water partition coefficient (Wildman–Crippen LogP) is 6.11. The summed E-state index contributed by atoms with van der Waals surface area (Å²) in [5.41, 5.74) is 5.00. The Labute approximate surface area is 225 Å². The molecule has 5 aromatic rings. The second-order valence-corrected chi connectivity index (χ2v) is 9.59. The molecule has 196 valence electrons. The molecule has 0 atom stereocenters. The van der Waals surface area contributed by atoms with Crippen LogP contribution >= 0.6 is 0 Å². The van der Waals surface area contributed by atoms with Gasteiger partial charge >= 0.3 is 0 Å². The summed E-state index contributed by atoms with van der Waals surface area (Å²) < 4.78 is 19.6. The van der Waals surface area contributed by atoms with Crippen molar-refractivity contribution in [2.75, 3.05) is 13.6 Å². The van der Waals surface area contributed by atoms with Gasteiger partial charge in [-0.15, -0.1) is 0 Å². The van der Waals surface area contributed by atoms with Crippen LogP contribution < -0.4 is 10.6 Å². The maximum Gasteiger partial charge on any atom is 0.255 e. The fourth-order valence-corrected chi connectivity index (χ4v) is 4.43. The fraction of sp³-hybridized carbons (Fsp3) is 0.161. The van der Waals surface area contributed by atoms with E-state index in [2.05, 4.69) is 20.6 Å². The van der Waals surface area contributed by atoms with Gasteiger partial charge in [0.05, 0.1) is 5.56 Å². The van der Waals surface area contributed by atoms with Crippen LogP contribution in [0.1, 0.15) is 34.6 Å². The van der Waals surface area contributed by atoms with Crippen LogP contribution in [0.3, 0.4) is 0 Å². The van der Waals surface area contributed by atoms with Crippen LogP contribution in [0.4, 0.5) is 4.39 Å². The average Bonchev–Trinajstić information content (AvgIpc) is 3.34. The Morgan fingerprint density at radius 2 is 1.54 bits per heavy atom. The molecule has 2 amide bonds. The SMILES string of the molecule is CNC(=O)c1c(-c2ccc(F)cc2)oc2ccc(-c3ccc(-c4cncnc4)c(C(=O)NCC(C)C)c3)cc12. The van der Waals surface area contributed by atoms with E-state index in [0.717, 1.165) is 22.3 Å². The summed E-state index contributed by atoms with van der Waals surface area (Å²) in [6.07, 6.45) is 4.79. The lowest BCUT2D eigenvalue weighted by molar-refractivity contribution is 0.0946. The van der Waals surface area contributed by atoms with Crippen LogP contribution in [0.2, 0.25) is 0 Å². The van der Waals surface area contributed by atoms with Crippen LogP contribution in [0.5, 0.6) is 0 Å². The molecule has 0 fully saturated rings. The molecule has 8 heteroatoms. The molecule has 5 rings (SSSR count). The van der Waals surface area contributed by atoms with Crippen LogP contribution in [0, 0.1) is 11.7 Å². The lowest BCUT2D eigenvalue weighted by Crippen LogP contribution is -2.27. The predicted molar refractivity (Wildman–Crippen MR) is 149 cm³/mol. The number of rotatable bonds is 7. The molecular formula is C31H27FN4O3. The molecule has 2 aromatic heterocycles. The van der Waals surface area contributed by atoms with E-state index >= 15 is 0 Å². The van der Waals surface area contributed by atoms with Gasteiger partial charge in [-0.3, -0.25) is 9.59 Å². The molecule has 2 heterocycles. The summed E-state index contributed by atoms with van der Waals surface area (Å²) in [6, 6.07) is 17.0. The molecule has 0 saturated carbocycles. The Balaban J connectivity index is 1.64. The summed E-state index contributed by atoms with van der Waals surface area (Å²) in [4.78, 5) is 34.4. The first-order valence-corrected chi connectivity index (χ1v) is 12.6. The van der Waals surface area contributed by atoms with E-state index in [-0.39, 0.29) is 17.6 Å². The second kappa shape index (κ2) is 10.9. The zero-order valence-corrected chi connectivity index (χ0v) is 21.8. The zero-order valence-electron chi connectivity index (χ0n) is 21.8. The molecule has 0 aliphatic carbocycles. The molecule has 0 aliphatic rings. The summed E-state index contributed by atoms with van der Waals surface area (Å²) in [5.74, 6) is -0.244. The van der Waals surface area contributed by atoms with Crippen molar-refractivity contribution >= 4 is 22.8 Å². The van der Waals surface area contributed by atoms with Gasteiger partial charge < -0.3 is 15.1 Å².